The van der Waals surface area contributed by atoms with Crippen LogP contribution in [0.25, 0.3) is 0 Å². The molecule has 0 aliphatic carbocycles. The van der Waals surface area contributed by atoms with E-state index in [1.54, 1.807) is 6.20 Å². The SMILES string of the molecule is OC(Cc1ccc(Br)cn1)C1CCCCS1. The van der Waals surface area contributed by atoms with Crippen LogP contribution >= 0.6 is 27.7 Å². The third kappa shape index (κ3) is 3.47. The summed E-state index contributed by atoms with van der Waals surface area (Å²) < 4.78 is 0.984. The normalized spacial score (nSPS) is 23.0. The van der Waals surface area contributed by atoms with Gasteiger partial charge in [0.15, 0.2) is 0 Å². The first-order valence-electron chi connectivity index (χ1n) is 5.66. The maximum Gasteiger partial charge on any atom is 0.0714 e. The van der Waals surface area contributed by atoms with Crippen LogP contribution in [0.4, 0.5) is 0 Å². The molecule has 2 atom stereocenters. The first-order chi connectivity index (χ1) is 7.75. The second kappa shape index (κ2) is 6.03. The summed E-state index contributed by atoms with van der Waals surface area (Å²) in [6, 6.07) is 3.95. The fourth-order valence-electron chi connectivity index (χ4n) is 1.94. The molecule has 16 heavy (non-hydrogen) atoms. The van der Waals surface area contributed by atoms with Gasteiger partial charge in [0.2, 0.25) is 0 Å². The Labute approximate surface area is 109 Å². The Morgan fingerprint density at radius 2 is 2.38 bits per heavy atom. The van der Waals surface area contributed by atoms with Gasteiger partial charge in [0.05, 0.1) is 6.10 Å². The molecule has 2 heterocycles. The Bertz CT molecular complexity index is 324. The quantitative estimate of drug-likeness (QED) is 0.931. The number of halogens is 1. The van der Waals surface area contributed by atoms with Crippen LogP contribution in [-0.4, -0.2) is 27.2 Å². The van der Waals surface area contributed by atoms with Crippen LogP contribution in [0.5, 0.6) is 0 Å². The first kappa shape index (κ1) is 12.4. The van der Waals surface area contributed by atoms with Crippen molar-refractivity contribution < 1.29 is 5.11 Å². The maximum atomic E-state index is 10.1. The Kier molecular flexibility index (Phi) is 4.67. The molecule has 1 aromatic rings. The fraction of sp³-hybridized carbons (Fsp3) is 0.583. The third-order valence-corrected chi connectivity index (χ3v) is 4.82. The van der Waals surface area contributed by atoms with Gasteiger partial charge in [0.1, 0.15) is 0 Å². The van der Waals surface area contributed by atoms with E-state index in [-0.39, 0.29) is 6.10 Å². The van der Waals surface area contributed by atoms with Crippen LogP contribution in [-0.2, 0) is 6.42 Å². The van der Waals surface area contributed by atoms with Gasteiger partial charge in [-0.25, -0.2) is 0 Å². The zero-order valence-electron chi connectivity index (χ0n) is 9.10. The van der Waals surface area contributed by atoms with Gasteiger partial charge >= 0.3 is 0 Å². The van der Waals surface area contributed by atoms with Gasteiger partial charge in [-0.15, -0.1) is 0 Å². The van der Waals surface area contributed by atoms with Crippen molar-refractivity contribution in [2.75, 3.05) is 5.75 Å². The van der Waals surface area contributed by atoms with Crippen LogP contribution in [0.2, 0.25) is 0 Å². The minimum absolute atomic E-state index is 0.251. The number of aromatic nitrogens is 1. The predicted molar refractivity (Wildman–Crippen MR) is 71.7 cm³/mol. The van der Waals surface area contributed by atoms with Crippen LogP contribution in [0.15, 0.2) is 22.8 Å². The molecule has 0 spiro atoms. The largest absolute Gasteiger partial charge is 0.392 e. The molecular weight excluding hydrogens is 286 g/mol. The lowest BCUT2D eigenvalue weighted by Gasteiger charge is -2.25. The molecule has 0 amide bonds. The lowest BCUT2D eigenvalue weighted by atomic mass is 10.1. The van der Waals surface area contributed by atoms with E-state index in [4.69, 9.17) is 0 Å². The van der Waals surface area contributed by atoms with Gasteiger partial charge in [0, 0.05) is 28.0 Å². The molecule has 1 aliphatic rings. The zero-order chi connectivity index (χ0) is 11.4. The molecule has 2 nitrogen and oxygen atoms in total. The summed E-state index contributed by atoms with van der Waals surface area (Å²) in [6.45, 7) is 0. The van der Waals surface area contributed by atoms with Crippen molar-refractivity contribution in [3.05, 3.63) is 28.5 Å². The van der Waals surface area contributed by atoms with E-state index in [0.717, 1.165) is 16.6 Å². The van der Waals surface area contributed by atoms with Crippen LogP contribution < -0.4 is 0 Å². The van der Waals surface area contributed by atoms with Crippen molar-refractivity contribution in [1.29, 1.82) is 0 Å². The number of nitrogens with zero attached hydrogens (tertiary/aromatic N) is 1. The molecule has 1 aliphatic heterocycles. The average Bonchev–Trinajstić information content (AvgIpc) is 2.33. The third-order valence-electron chi connectivity index (χ3n) is 2.85. The van der Waals surface area contributed by atoms with Crippen LogP contribution in [0.1, 0.15) is 25.0 Å². The minimum atomic E-state index is -0.251. The predicted octanol–water partition coefficient (Wildman–Crippen LogP) is 3.03. The van der Waals surface area contributed by atoms with Crippen molar-refractivity contribution in [3.8, 4) is 0 Å². The molecule has 1 saturated heterocycles. The van der Waals surface area contributed by atoms with Gasteiger partial charge in [-0.05, 0) is 46.7 Å². The molecule has 1 fully saturated rings. The number of pyridine rings is 1. The van der Waals surface area contributed by atoms with Gasteiger partial charge < -0.3 is 5.11 Å². The summed E-state index contributed by atoms with van der Waals surface area (Å²) in [7, 11) is 0. The van der Waals surface area contributed by atoms with Gasteiger partial charge in [-0.1, -0.05) is 6.42 Å². The van der Waals surface area contributed by atoms with Crippen molar-refractivity contribution in [2.45, 2.75) is 37.0 Å². The Morgan fingerprint density at radius 3 is 3.00 bits per heavy atom. The highest BCUT2D eigenvalue weighted by Gasteiger charge is 2.22. The Hall–Kier alpha value is -0.0600. The number of rotatable bonds is 3. The Balaban J connectivity index is 1.90. The highest BCUT2D eigenvalue weighted by Crippen LogP contribution is 2.28. The van der Waals surface area contributed by atoms with Gasteiger partial charge in [-0.3, -0.25) is 4.98 Å². The van der Waals surface area contributed by atoms with E-state index in [1.807, 2.05) is 23.9 Å². The molecule has 4 heteroatoms. The molecule has 0 radical (unpaired) electrons. The Morgan fingerprint density at radius 1 is 1.50 bits per heavy atom. The minimum Gasteiger partial charge on any atom is -0.392 e. The summed E-state index contributed by atoms with van der Waals surface area (Å²) in [6.07, 6.45) is 5.90. The average molecular weight is 302 g/mol. The van der Waals surface area contributed by atoms with Crippen LogP contribution in [0.3, 0.4) is 0 Å². The van der Waals surface area contributed by atoms with E-state index >= 15 is 0 Å². The molecule has 2 unspecified atom stereocenters. The zero-order valence-corrected chi connectivity index (χ0v) is 11.5. The molecule has 0 bridgehead atoms. The second-order valence-electron chi connectivity index (χ2n) is 4.14. The van der Waals surface area contributed by atoms with E-state index in [2.05, 4.69) is 20.9 Å². The molecule has 88 valence electrons. The van der Waals surface area contributed by atoms with E-state index < -0.39 is 0 Å². The topological polar surface area (TPSA) is 33.1 Å². The molecule has 1 aromatic heterocycles. The number of thioether (sulfide) groups is 1. The number of hydrogen-bond donors (Lipinski definition) is 1. The molecular formula is C12H16BrNOS. The number of hydrogen-bond acceptors (Lipinski definition) is 3. The monoisotopic (exact) mass is 301 g/mol. The highest BCUT2D eigenvalue weighted by atomic mass is 79.9. The molecule has 2 rings (SSSR count). The van der Waals surface area contributed by atoms with Crippen molar-refractivity contribution in [3.63, 3.8) is 0 Å². The summed E-state index contributed by atoms with van der Waals surface area (Å²) in [5.41, 5.74) is 0.974. The molecule has 1 N–H and O–H groups in total. The van der Waals surface area contributed by atoms with Crippen LogP contribution in [0, 0.1) is 0 Å². The standard InChI is InChI=1S/C12H16BrNOS/c13-9-4-5-10(14-8-9)7-11(15)12-3-1-2-6-16-12/h4-5,8,11-12,15H,1-3,6-7H2. The summed E-state index contributed by atoms with van der Waals surface area (Å²) in [5, 5.41) is 10.5. The van der Waals surface area contributed by atoms with E-state index in [9.17, 15) is 5.11 Å². The lowest BCUT2D eigenvalue weighted by Crippen LogP contribution is -2.28. The van der Waals surface area contributed by atoms with Crippen molar-refractivity contribution >= 4 is 27.7 Å². The molecule has 0 saturated carbocycles. The summed E-state index contributed by atoms with van der Waals surface area (Å²) >= 11 is 5.27. The van der Waals surface area contributed by atoms with Crippen molar-refractivity contribution in [2.24, 2.45) is 0 Å². The first-order valence-corrected chi connectivity index (χ1v) is 7.50. The highest BCUT2D eigenvalue weighted by molar-refractivity contribution is 9.10. The fourth-order valence-corrected chi connectivity index (χ4v) is 3.50. The second-order valence-corrected chi connectivity index (χ2v) is 6.41. The number of aliphatic hydroxyl groups is 1. The number of aliphatic hydroxyl groups excluding tert-OH is 1. The smallest absolute Gasteiger partial charge is 0.0714 e. The van der Waals surface area contributed by atoms with E-state index in [1.165, 1.54) is 18.6 Å². The van der Waals surface area contributed by atoms with Crippen molar-refractivity contribution in [1.82, 2.24) is 4.98 Å². The summed E-state index contributed by atoms with van der Waals surface area (Å²) in [5.74, 6) is 1.19. The van der Waals surface area contributed by atoms with Gasteiger partial charge in [-0.2, -0.15) is 11.8 Å². The summed E-state index contributed by atoms with van der Waals surface area (Å²) in [4.78, 5) is 4.30. The lowest BCUT2D eigenvalue weighted by molar-refractivity contribution is 0.165. The molecule has 0 aromatic carbocycles. The van der Waals surface area contributed by atoms with Gasteiger partial charge in [0.25, 0.3) is 0 Å². The van der Waals surface area contributed by atoms with E-state index in [0.29, 0.717) is 11.7 Å². The maximum absolute atomic E-state index is 10.1.